The van der Waals surface area contributed by atoms with Crippen molar-refractivity contribution in [3.8, 4) is 0 Å². The van der Waals surface area contributed by atoms with Gasteiger partial charge in [-0.3, -0.25) is 4.99 Å². The van der Waals surface area contributed by atoms with Crippen LogP contribution in [0.4, 0.5) is 5.69 Å². The van der Waals surface area contributed by atoms with Gasteiger partial charge in [0.15, 0.2) is 0 Å². The molecule has 5 heteroatoms. The van der Waals surface area contributed by atoms with Crippen molar-refractivity contribution in [2.24, 2.45) is 4.99 Å². The number of aryl methyl sites for hydroxylation is 2. The van der Waals surface area contributed by atoms with Crippen LogP contribution in [-0.2, 0) is 12.2 Å². The summed E-state index contributed by atoms with van der Waals surface area (Å²) in [5.41, 5.74) is 5.19. The van der Waals surface area contributed by atoms with Gasteiger partial charge in [0.05, 0.1) is 17.1 Å². The highest BCUT2D eigenvalue weighted by atomic mass is 32.2. The zero-order valence-electron chi connectivity index (χ0n) is 14.4. The van der Waals surface area contributed by atoms with Gasteiger partial charge in [-0.1, -0.05) is 59.8 Å². The molecule has 0 spiro atoms. The Morgan fingerprint density at radius 1 is 0.960 bits per heavy atom. The van der Waals surface area contributed by atoms with Gasteiger partial charge in [0, 0.05) is 18.4 Å². The van der Waals surface area contributed by atoms with E-state index in [-0.39, 0.29) is 0 Å². The maximum atomic E-state index is 4.63. The molecule has 4 nitrogen and oxygen atoms in total. The average molecular weight is 348 g/mol. The molecule has 0 aliphatic rings. The number of aromatic nitrogens is 3. The highest BCUT2D eigenvalue weighted by Gasteiger charge is 2.06. The van der Waals surface area contributed by atoms with Crippen molar-refractivity contribution in [1.82, 2.24) is 15.2 Å². The second kappa shape index (κ2) is 8.53. The lowest BCUT2D eigenvalue weighted by atomic mass is 10.2. The molecule has 0 radical (unpaired) electrons. The fourth-order valence-corrected chi connectivity index (χ4v) is 3.00. The van der Waals surface area contributed by atoms with Gasteiger partial charge in [-0.05, 0) is 31.5 Å². The SMILES string of the molecule is Cc1ccc(N=CCc2nc(SCc3ccccc3)nnc2C)cc1. The summed E-state index contributed by atoms with van der Waals surface area (Å²) >= 11 is 1.60. The van der Waals surface area contributed by atoms with E-state index in [0.29, 0.717) is 11.6 Å². The number of rotatable bonds is 6. The molecule has 25 heavy (non-hydrogen) atoms. The molecule has 0 unspecified atom stereocenters. The maximum Gasteiger partial charge on any atom is 0.209 e. The molecule has 0 bridgehead atoms. The van der Waals surface area contributed by atoms with Crippen molar-refractivity contribution in [3.05, 3.63) is 77.1 Å². The zero-order valence-corrected chi connectivity index (χ0v) is 15.2. The first-order valence-electron chi connectivity index (χ1n) is 8.17. The van der Waals surface area contributed by atoms with E-state index in [1.807, 2.05) is 43.5 Å². The topological polar surface area (TPSA) is 51.0 Å². The molecular formula is C20H20N4S. The monoisotopic (exact) mass is 348 g/mol. The predicted molar refractivity (Wildman–Crippen MR) is 104 cm³/mol. The van der Waals surface area contributed by atoms with Gasteiger partial charge in [0.25, 0.3) is 0 Å². The zero-order chi connectivity index (χ0) is 17.5. The molecular weight excluding hydrogens is 328 g/mol. The quantitative estimate of drug-likeness (QED) is 0.477. The first kappa shape index (κ1) is 17.3. The molecule has 0 aliphatic carbocycles. The molecule has 0 amide bonds. The average Bonchev–Trinajstić information content (AvgIpc) is 2.64. The van der Waals surface area contributed by atoms with Gasteiger partial charge < -0.3 is 0 Å². The summed E-state index contributed by atoms with van der Waals surface area (Å²) in [6.07, 6.45) is 2.53. The van der Waals surface area contributed by atoms with Crippen molar-refractivity contribution in [3.63, 3.8) is 0 Å². The maximum absolute atomic E-state index is 4.63. The van der Waals surface area contributed by atoms with Crippen LogP contribution in [0.15, 0.2) is 64.7 Å². The van der Waals surface area contributed by atoms with E-state index in [1.165, 1.54) is 11.1 Å². The van der Waals surface area contributed by atoms with E-state index in [2.05, 4.69) is 51.4 Å². The highest BCUT2D eigenvalue weighted by Crippen LogP contribution is 2.19. The normalized spacial score (nSPS) is 11.1. The Balaban J connectivity index is 1.63. The molecule has 1 aromatic heterocycles. The molecule has 0 saturated carbocycles. The van der Waals surface area contributed by atoms with E-state index in [0.717, 1.165) is 22.8 Å². The van der Waals surface area contributed by atoms with Crippen LogP contribution in [0.5, 0.6) is 0 Å². The first-order valence-corrected chi connectivity index (χ1v) is 9.15. The van der Waals surface area contributed by atoms with Crippen molar-refractivity contribution in [2.45, 2.75) is 31.2 Å². The van der Waals surface area contributed by atoms with Crippen molar-refractivity contribution in [1.29, 1.82) is 0 Å². The minimum absolute atomic E-state index is 0.647. The summed E-state index contributed by atoms with van der Waals surface area (Å²) in [4.78, 5) is 9.12. The van der Waals surface area contributed by atoms with Crippen molar-refractivity contribution >= 4 is 23.7 Å². The smallest absolute Gasteiger partial charge is 0.209 e. The Labute approximate surface area is 152 Å². The van der Waals surface area contributed by atoms with Gasteiger partial charge in [-0.2, -0.15) is 5.10 Å². The molecule has 0 atom stereocenters. The summed E-state index contributed by atoms with van der Waals surface area (Å²) in [6.45, 7) is 4.00. The van der Waals surface area contributed by atoms with Gasteiger partial charge >= 0.3 is 0 Å². The number of benzene rings is 2. The lowest BCUT2D eigenvalue weighted by Crippen LogP contribution is -2.03. The summed E-state index contributed by atoms with van der Waals surface area (Å²) in [5.74, 6) is 0.836. The van der Waals surface area contributed by atoms with Crippen molar-refractivity contribution in [2.75, 3.05) is 0 Å². The van der Waals surface area contributed by atoms with Crippen LogP contribution in [0.25, 0.3) is 0 Å². The number of nitrogens with zero attached hydrogens (tertiary/aromatic N) is 4. The molecule has 0 N–H and O–H groups in total. The molecule has 0 aliphatic heterocycles. The molecule has 0 fully saturated rings. The van der Waals surface area contributed by atoms with Gasteiger partial charge in [-0.25, -0.2) is 4.98 Å². The molecule has 2 aromatic carbocycles. The second-order valence-electron chi connectivity index (χ2n) is 5.75. The van der Waals surface area contributed by atoms with Crippen LogP contribution in [-0.4, -0.2) is 21.4 Å². The van der Waals surface area contributed by atoms with Crippen LogP contribution in [0.3, 0.4) is 0 Å². The number of hydrogen-bond acceptors (Lipinski definition) is 5. The fraction of sp³-hybridized carbons (Fsp3) is 0.200. The van der Waals surface area contributed by atoms with E-state index in [9.17, 15) is 0 Å². The lowest BCUT2D eigenvalue weighted by Gasteiger charge is -2.04. The Morgan fingerprint density at radius 2 is 1.72 bits per heavy atom. The van der Waals surface area contributed by atoms with Crippen LogP contribution in [0.1, 0.15) is 22.5 Å². The summed E-state index contributed by atoms with van der Waals surface area (Å²) < 4.78 is 0. The van der Waals surface area contributed by atoms with Gasteiger partial charge in [-0.15, -0.1) is 5.10 Å². The van der Waals surface area contributed by atoms with E-state index < -0.39 is 0 Å². The number of aliphatic imine (C=N–C) groups is 1. The van der Waals surface area contributed by atoms with Crippen LogP contribution >= 0.6 is 11.8 Å². The standard InChI is InChI=1S/C20H20N4S/c1-15-8-10-18(11-9-15)21-13-12-19-16(2)23-24-20(22-19)25-14-17-6-4-3-5-7-17/h3-11,13H,12,14H2,1-2H3. The fourth-order valence-electron chi connectivity index (χ4n) is 2.24. The molecule has 126 valence electrons. The Morgan fingerprint density at radius 3 is 2.48 bits per heavy atom. The number of hydrogen-bond donors (Lipinski definition) is 0. The summed E-state index contributed by atoms with van der Waals surface area (Å²) in [5, 5.41) is 9.12. The third kappa shape index (κ3) is 5.22. The minimum atomic E-state index is 0.647. The second-order valence-corrected chi connectivity index (χ2v) is 6.69. The van der Waals surface area contributed by atoms with Gasteiger partial charge in [0.2, 0.25) is 5.16 Å². The minimum Gasteiger partial charge on any atom is -0.261 e. The molecule has 3 aromatic rings. The Bertz CT molecular complexity index is 845. The summed E-state index contributed by atoms with van der Waals surface area (Å²) in [7, 11) is 0. The van der Waals surface area contributed by atoms with Crippen LogP contribution in [0.2, 0.25) is 0 Å². The Kier molecular flexibility index (Phi) is 5.90. The Hall–Kier alpha value is -2.53. The van der Waals surface area contributed by atoms with Crippen LogP contribution in [0, 0.1) is 13.8 Å². The first-order chi connectivity index (χ1) is 12.2. The molecule has 0 saturated heterocycles. The molecule has 1 heterocycles. The van der Waals surface area contributed by atoms with Gasteiger partial charge in [0.1, 0.15) is 0 Å². The number of thioether (sulfide) groups is 1. The van der Waals surface area contributed by atoms with Crippen LogP contribution < -0.4 is 0 Å². The largest absolute Gasteiger partial charge is 0.261 e. The molecule has 3 rings (SSSR count). The third-order valence-electron chi connectivity index (χ3n) is 3.70. The lowest BCUT2D eigenvalue weighted by molar-refractivity contribution is 0.782. The summed E-state index contributed by atoms with van der Waals surface area (Å²) in [6, 6.07) is 18.4. The van der Waals surface area contributed by atoms with E-state index in [1.54, 1.807) is 11.8 Å². The highest BCUT2D eigenvalue weighted by molar-refractivity contribution is 7.98. The van der Waals surface area contributed by atoms with E-state index >= 15 is 0 Å². The third-order valence-corrected chi connectivity index (χ3v) is 4.61. The van der Waals surface area contributed by atoms with E-state index in [4.69, 9.17) is 0 Å². The van der Waals surface area contributed by atoms with Crippen molar-refractivity contribution < 1.29 is 0 Å². The predicted octanol–water partition coefficient (Wildman–Crippen LogP) is 4.73.